The number of benzene rings is 2. The van der Waals surface area contributed by atoms with E-state index in [0.717, 1.165) is 5.56 Å². The molecule has 0 spiro atoms. The molecule has 0 unspecified atom stereocenters. The summed E-state index contributed by atoms with van der Waals surface area (Å²) in [5.74, 6) is -0.458. The first kappa shape index (κ1) is 20.3. The fourth-order valence-corrected chi connectivity index (χ4v) is 2.79. The second-order valence-corrected chi connectivity index (χ2v) is 6.68. The van der Waals surface area contributed by atoms with Crippen LogP contribution in [-0.4, -0.2) is 22.1 Å². The molecular weight excluding hydrogens is 412 g/mol. The van der Waals surface area contributed by atoms with E-state index in [-0.39, 0.29) is 16.4 Å². The van der Waals surface area contributed by atoms with Crippen LogP contribution in [0.2, 0.25) is 5.02 Å². The Kier molecular flexibility index (Phi) is 6.43. The van der Waals surface area contributed by atoms with Crippen LogP contribution < -0.4 is 10.6 Å². The van der Waals surface area contributed by atoms with Gasteiger partial charge in [-0.25, -0.2) is 4.79 Å². The van der Waals surface area contributed by atoms with E-state index < -0.39 is 11.9 Å². The topological polar surface area (TPSA) is 91.6 Å². The first-order valence-corrected chi connectivity index (χ1v) is 9.19. The molecule has 0 fully saturated rings. The van der Waals surface area contributed by atoms with Crippen LogP contribution in [0.1, 0.15) is 16.1 Å². The van der Waals surface area contributed by atoms with Crippen molar-refractivity contribution in [3.63, 3.8) is 0 Å². The van der Waals surface area contributed by atoms with Crippen molar-refractivity contribution in [2.45, 2.75) is 0 Å². The molecule has 0 bridgehead atoms. The van der Waals surface area contributed by atoms with Gasteiger partial charge in [-0.3, -0.25) is 10.1 Å². The van der Waals surface area contributed by atoms with Crippen molar-refractivity contribution >= 4 is 52.6 Å². The zero-order valence-corrected chi connectivity index (χ0v) is 16.5. The van der Waals surface area contributed by atoms with Gasteiger partial charge >= 0.3 is 5.97 Å². The molecule has 6 nitrogen and oxygen atoms in total. The third kappa shape index (κ3) is 5.54. The van der Waals surface area contributed by atoms with Gasteiger partial charge in [-0.05, 0) is 66.8 Å². The van der Waals surface area contributed by atoms with Gasteiger partial charge in [0.15, 0.2) is 5.11 Å². The number of rotatable bonds is 5. The van der Waals surface area contributed by atoms with Gasteiger partial charge in [0, 0.05) is 16.7 Å². The summed E-state index contributed by atoms with van der Waals surface area (Å²) in [6, 6.07) is 17.0. The predicted molar refractivity (Wildman–Crippen MR) is 116 cm³/mol. The molecule has 3 rings (SSSR count). The molecule has 146 valence electrons. The number of carboxylic acids is 1. The maximum Gasteiger partial charge on any atom is 0.337 e. The number of nitrogens with one attached hydrogen (secondary N) is 2. The maximum absolute atomic E-state index is 12.1. The molecule has 0 aliphatic heterocycles. The maximum atomic E-state index is 12.1. The van der Waals surface area contributed by atoms with Crippen LogP contribution in [0.3, 0.4) is 0 Å². The van der Waals surface area contributed by atoms with Crippen LogP contribution in [0.15, 0.2) is 71.2 Å². The van der Waals surface area contributed by atoms with Gasteiger partial charge in [-0.2, -0.15) is 0 Å². The molecule has 3 aromatic rings. The van der Waals surface area contributed by atoms with Gasteiger partial charge in [-0.1, -0.05) is 23.7 Å². The Morgan fingerprint density at radius 3 is 2.48 bits per heavy atom. The molecule has 0 radical (unpaired) electrons. The van der Waals surface area contributed by atoms with Crippen LogP contribution in [0.25, 0.3) is 17.4 Å². The minimum Gasteiger partial charge on any atom is -0.478 e. The molecule has 1 amide bonds. The molecule has 8 heteroatoms. The Bertz CT molecular complexity index is 1090. The number of halogens is 1. The molecule has 0 saturated carbocycles. The number of thiocarbonyl (C=S) groups is 1. The lowest BCUT2D eigenvalue weighted by Gasteiger charge is -2.10. The zero-order valence-electron chi connectivity index (χ0n) is 14.9. The summed E-state index contributed by atoms with van der Waals surface area (Å²) < 4.78 is 5.68. The highest BCUT2D eigenvalue weighted by Gasteiger charge is 2.11. The summed E-state index contributed by atoms with van der Waals surface area (Å²) in [6.45, 7) is 0. The van der Waals surface area contributed by atoms with E-state index in [1.165, 1.54) is 18.2 Å². The molecule has 0 saturated heterocycles. The lowest BCUT2D eigenvalue weighted by Crippen LogP contribution is -2.33. The largest absolute Gasteiger partial charge is 0.478 e. The Morgan fingerprint density at radius 1 is 1.03 bits per heavy atom. The van der Waals surface area contributed by atoms with Gasteiger partial charge in [0.25, 0.3) is 0 Å². The normalized spacial score (nSPS) is 10.7. The molecule has 29 heavy (non-hydrogen) atoms. The van der Waals surface area contributed by atoms with E-state index in [9.17, 15) is 9.59 Å². The predicted octanol–water partition coefficient (Wildman–Crippen LogP) is 4.82. The summed E-state index contributed by atoms with van der Waals surface area (Å²) in [5, 5.41) is 14.9. The van der Waals surface area contributed by atoms with Crippen molar-refractivity contribution in [1.82, 2.24) is 5.32 Å². The number of furan rings is 1. The van der Waals surface area contributed by atoms with Crippen LogP contribution in [0.5, 0.6) is 0 Å². The minimum atomic E-state index is -1.10. The van der Waals surface area contributed by atoms with Gasteiger partial charge in [0.05, 0.1) is 11.3 Å². The molecule has 0 aliphatic rings. The molecule has 2 aromatic carbocycles. The summed E-state index contributed by atoms with van der Waals surface area (Å²) in [4.78, 5) is 23.3. The lowest BCUT2D eigenvalue weighted by atomic mass is 10.2. The van der Waals surface area contributed by atoms with E-state index in [1.807, 2.05) is 12.1 Å². The van der Waals surface area contributed by atoms with Crippen LogP contribution in [0, 0.1) is 0 Å². The molecule has 3 N–H and O–H groups in total. The highest BCUT2D eigenvalue weighted by atomic mass is 35.5. The summed E-state index contributed by atoms with van der Waals surface area (Å²) in [5.41, 5.74) is 1.19. The van der Waals surface area contributed by atoms with Crippen molar-refractivity contribution in [2.75, 3.05) is 5.32 Å². The molecule has 0 atom stereocenters. The highest BCUT2D eigenvalue weighted by Crippen LogP contribution is 2.24. The molecular formula is C21H15ClN2O4S. The first-order chi connectivity index (χ1) is 13.9. The van der Waals surface area contributed by atoms with Crippen molar-refractivity contribution < 1.29 is 19.1 Å². The number of para-hydroxylation sites is 1. The third-order valence-corrected chi connectivity index (χ3v) is 4.25. The SMILES string of the molecule is O=C(/C=C/c1ccc(-c2ccc(Cl)cc2)o1)NC(=S)Nc1ccccc1C(=O)O. The van der Waals surface area contributed by atoms with Crippen LogP contribution in [-0.2, 0) is 4.79 Å². The number of amides is 1. The van der Waals surface area contributed by atoms with E-state index in [0.29, 0.717) is 16.5 Å². The van der Waals surface area contributed by atoms with Crippen LogP contribution >= 0.6 is 23.8 Å². The van der Waals surface area contributed by atoms with E-state index in [1.54, 1.807) is 42.5 Å². The molecule has 0 aliphatic carbocycles. The monoisotopic (exact) mass is 426 g/mol. The Hall–Kier alpha value is -3.42. The smallest absolute Gasteiger partial charge is 0.337 e. The number of carboxylic acid groups (broad SMARTS) is 1. The van der Waals surface area contributed by atoms with E-state index in [2.05, 4.69) is 10.6 Å². The second kappa shape index (κ2) is 9.18. The fourth-order valence-electron chi connectivity index (χ4n) is 2.46. The number of carbonyl (C=O) groups is 2. The third-order valence-electron chi connectivity index (χ3n) is 3.80. The quantitative estimate of drug-likeness (QED) is 0.400. The lowest BCUT2D eigenvalue weighted by molar-refractivity contribution is -0.115. The number of hydrogen-bond acceptors (Lipinski definition) is 4. The van der Waals surface area contributed by atoms with Crippen molar-refractivity contribution in [2.24, 2.45) is 0 Å². The van der Waals surface area contributed by atoms with E-state index in [4.69, 9.17) is 33.3 Å². The summed E-state index contributed by atoms with van der Waals surface area (Å²) >= 11 is 10.9. The summed E-state index contributed by atoms with van der Waals surface area (Å²) in [6.07, 6.45) is 2.77. The number of hydrogen-bond donors (Lipinski definition) is 3. The van der Waals surface area contributed by atoms with Gasteiger partial charge in [0.1, 0.15) is 11.5 Å². The first-order valence-electron chi connectivity index (χ1n) is 8.40. The standard InChI is InChI=1S/C21H15ClN2O4S/c22-14-7-5-13(6-8-14)18-11-9-15(28-18)10-12-19(25)24-21(29)23-17-4-2-1-3-16(17)20(26)27/h1-12H,(H,26,27)(H2,23,24,25,29)/b12-10+. The fraction of sp³-hybridized carbons (Fsp3) is 0. The summed E-state index contributed by atoms with van der Waals surface area (Å²) in [7, 11) is 0. The number of anilines is 1. The molecule has 1 aromatic heterocycles. The zero-order chi connectivity index (χ0) is 20.8. The minimum absolute atomic E-state index is 0.0188. The molecule has 1 heterocycles. The Labute approximate surface area is 176 Å². The average Bonchev–Trinajstić information content (AvgIpc) is 3.16. The van der Waals surface area contributed by atoms with Crippen molar-refractivity contribution in [1.29, 1.82) is 0 Å². The van der Waals surface area contributed by atoms with Gasteiger partial charge < -0.3 is 14.8 Å². The van der Waals surface area contributed by atoms with Gasteiger partial charge in [-0.15, -0.1) is 0 Å². The Morgan fingerprint density at radius 2 is 1.76 bits per heavy atom. The number of aromatic carboxylic acids is 1. The van der Waals surface area contributed by atoms with Crippen molar-refractivity contribution in [3.8, 4) is 11.3 Å². The average molecular weight is 427 g/mol. The van der Waals surface area contributed by atoms with Crippen molar-refractivity contribution in [3.05, 3.63) is 83.1 Å². The second-order valence-electron chi connectivity index (χ2n) is 5.84. The van der Waals surface area contributed by atoms with E-state index >= 15 is 0 Å². The highest BCUT2D eigenvalue weighted by molar-refractivity contribution is 7.80. The van der Waals surface area contributed by atoms with Crippen LogP contribution in [0.4, 0.5) is 5.69 Å². The number of carbonyl (C=O) groups excluding carboxylic acids is 1. The Balaban J connectivity index is 1.59. The van der Waals surface area contributed by atoms with Gasteiger partial charge in [0.2, 0.25) is 5.91 Å².